The standard InChI is InChI=1S/C12H23N3O/c1-11-3-2-6-14(9-11)10-12(16)15-7-4-13-5-8-15/h11,13H,2-10H2,1H3. The second kappa shape index (κ2) is 5.64. The molecule has 92 valence electrons. The van der Waals surface area contributed by atoms with Crippen molar-refractivity contribution in [3.63, 3.8) is 0 Å². The smallest absolute Gasteiger partial charge is 0.236 e. The minimum atomic E-state index is 0.315. The Balaban J connectivity index is 1.77. The first-order valence-corrected chi connectivity index (χ1v) is 6.46. The monoisotopic (exact) mass is 225 g/mol. The van der Waals surface area contributed by atoms with Crippen LogP contribution in [0, 0.1) is 5.92 Å². The summed E-state index contributed by atoms with van der Waals surface area (Å²) < 4.78 is 0. The number of hydrogen-bond acceptors (Lipinski definition) is 3. The zero-order valence-electron chi connectivity index (χ0n) is 10.2. The van der Waals surface area contributed by atoms with Gasteiger partial charge in [0.25, 0.3) is 0 Å². The third-order valence-corrected chi connectivity index (χ3v) is 3.57. The Hall–Kier alpha value is -0.610. The van der Waals surface area contributed by atoms with E-state index in [0.717, 1.165) is 45.2 Å². The molecule has 0 radical (unpaired) electrons. The molecule has 4 heteroatoms. The molecule has 0 aromatic rings. The zero-order valence-corrected chi connectivity index (χ0v) is 10.2. The van der Waals surface area contributed by atoms with Gasteiger partial charge in [-0.25, -0.2) is 0 Å². The molecule has 0 saturated carbocycles. The van der Waals surface area contributed by atoms with Crippen LogP contribution in [-0.2, 0) is 4.79 Å². The van der Waals surface area contributed by atoms with Crippen molar-refractivity contribution in [2.45, 2.75) is 19.8 Å². The van der Waals surface area contributed by atoms with Crippen LogP contribution >= 0.6 is 0 Å². The molecule has 2 rings (SSSR count). The quantitative estimate of drug-likeness (QED) is 0.726. The fourth-order valence-electron chi connectivity index (χ4n) is 2.64. The Labute approximate surface area is 98.0 Å². The second-order valence-corrected chi connectivity index (χ2v) is 5.11. The summed E-state index contributed by atoms with van der Waals surface area (Å²) >= 11 is 0. The van der Waals surface area contributed by atoms with Gasteiger partial charge in [0, 0.05) is 32.7 Å². The van der Waals surface area contributed by atoms with Crippen molar-refractivity contribution >= 4 is 5.91 Å². The van der Waals surface area contributed by atoms with Crippen LogP contribution in [0.3, 0.4) is 0 Å². The van der Waals surface area contributed by atoms with Crippen molar-refractivity contribution in [2.24, 2.45) is 5.92 Å². The topological polar surface area (TPSA) is 35.6 Å². The highest BCUT2D eigenvalue weighted by molar-refractivity contribution is 5.78. The molecule has 16 heavy (non-hydrogen) atoms. The number of piperidine rings is 1. The van der Waals surface area contributed by atoms with Crippen LogP contribution in [0.4, 0.5) is 0 Å². The highest BCUT2D eigenvalue weighted by Gasteiger charge is 2.22. The molecule has 1 N–H and O–H groups in total. The average Bonchev–Trinajstić information content (AvgIpc) is 2.30. The van der Waals surface area contributed by atoms with Crippen molar-refractivity contribution in [3.8, 4) is 0 Å². The van der Waals surface area contributed by atoms with Crippen molar-refractivity contribution < 1.29 is 4.79 Å². The number of amides is 1. The van der Waals surface area contributed by atoms with E-state index in [1.807, 2.05) is 4.90 Å². The van der Waals surface area contributed by atoms with Crippen LogP contribution in [0.25, 0.3) is 0 Å². The van der Waals surface area contributed by atoms with Crippen molar-refractivity contribution in [3.05, 3.63) is 0 Å². The van der Waals surface area contributed by atoms with E-state index in [-0.39, 0.29) is 0 Å². The summed E-state index contributed by atoms with van der Waals surface area (Å²) in [6.45, 7) is 8.75. The van der Waals surface area contributed by atoms with E-state index in [1.165, 1.54) is 12.8 Å². The van der Waals surface area contributed by atoms with Gasteiger partial charge in [0.2, 0.25) is 5.91 Å². The fourth-order valence-corrected chi connectivity index (χ4v) is 2.64. The van der Waals surface area contributed by atoms with Gasteiger partial charge in [0.15, 0.2) is 0 Å². The maximum Gasteiger partial charge on any atom is 0.236 e. The van der Waals surface area contributed by atoms with Crippen LogP contribution in [0.2, 0.25) is 0 Å². The van der Waals surface area contributed by atoms with E-state index in [0.29, 0.717) is 12.5 Å². The molecular formula is C12H23N3O. The summed E-state index contributed by atoms with van der Waals surface area (Å²) in [5.74, 6) is 1.07. The molecule has 0 spiro atoms. The number of hydrogen-bond donors (Lipinski definition) is 1. The van der Waals surface area contributed by atoms with E-state index in [2.05, 4.69) is 17.1 Å². The highest BCUT2D eigenvalue weighted by atomic mass is 16.2. The molecule has 2 aliphatic heterocycles. The van der Waals surface area contributed by atoms with Crippen LogP contribution < -0.4 is 5.32 Å². The third kappa shape index (κ3) is 3.19. The lowest BCUT2D eigenvalue weighted by Gasteiger charge is -2.33. The zero-order chi connectivity index (χ0) is 11.4. The van der Waals surface area contributed by atoms with E-state index in [1.54, 1.807) is 0 Å². The lowest BCUT2D eigenvalue weighted by Crippen LogP contribution is -2.50. The number of carbonyl (C=O) groups is 1. The van der Waals surface area contributed by atoms with E-state index >= 15 is 0 Å². The third-order valence-electron chi connectivity index (χ3n) is 3.57. The second-order valence-electron chi connectivity index (χ2n) is 5.11. The summed E-state index contributed by atoms with van der Waals surface area (Å²) in [6.07, 6.45) is 2.56. The summed E-state index contributed by atoms with van der Waals surface area (Å²) in [5, 5.41) is 3.27. The highest BCUT2D eigenvalue weighted by Crippen LogP contribution is 2.15. The number of carbonyl (C=O) groups excluding carboxylic acids is 1. The van der Waals surface area contributed by atoms with Gasteiger partial charge in [0.1, 0.15) is 0 Å². The molecule has 2 saturated heterocycles. The molecule has 1 unspecified atom stereocenters. The first kappa shape index (κ1) is 11.9. The average molecular weight is 225 g/mol. The molecular weight excluding hydrogens is 202 g/mol. The lowest BCUT2D eigenvalue weighted by atomic mass is 10.0. The number of likely N-dealkylation sites (tertiary alicyclic amines) is 1. The van der Waals surface area contributed by atoms with Gasteiger partial charge in [-0.15, -0.1) is 0 Å². The number of piperazine rings is 1. The molecule has 1 amide bonds. The van der Waals surface area contributed by atoms with Gasteiger partial charge in [-0.05, 0) is 25.3 Å². The molecule has 4 nitrogen and oxygen atoms in total. The number of nitrogens with zero attached hydrogens (tertiary/aromatic N) is 2. The Morgan fingerprint density at radius 2 is 2.06 bits per heavy atom. The van der Waals surface area contributed by atoms with Crippen LogP contribution in [0.5, 0.6) is 0 Å². The molecule has 2 heterocycles. The van der Waals surface area contributed by atoms with Crippen molar-refractivity contribution in [1.29, 1.82) is 0 Å². The van der Waals surface area contributed by atoms with Crippen LogP contribution in [-0.4, -0.2) is 61.5 Å². The van der Waals surface area contributed by atoms with Gasteiger partial charge < -0.3 is 10.2 Å². The van der Waals surface area contributed by atoms with Gasteiger partial charge in [-0.2, -0.15) is 0 Å². The van der Waals surface area contributed by atoms with E-state index in [9.17, 15) is 4.79 Å². The Bertz CT molecular complexity index is 238. The minimum absolute atomic E-state index is 0.315. The maximum atomic E-state index is 12.0. The summed E-state index contributed by atoms with van der Waals surface area (Å²) in [7, 11) is 0. The lowest BCUT2D eigenvalue weighted by molar-refractivity contribution is -0.133. The predicted octanol–water partition coefficient (Wildman–Crippen LogP) is 0.150. The Morgan fingerprint density at radius 1 is 1.31 bits per heavy atom. The summed E-state index contributed by atoms with van der Waals surface area (Å²) in [4.78, 5) is 16.3. The molecule has 0 aromatic heterocycles. The maximum absolute atomic E-state index is 12.0. The van der Waals surface area contributed by atoms with Crippen LogP contribution in [0.1, 0.15) is 19.8 Å². The molecule has 0 aliphatic carbocycles. The normalized spacial score (nSPS) is 28.1. The Morgan fingerprint density at radius 3 is 2.75 bits per heavy atom. The molecule has 2 aliphatic rings. The van der Waals surface area contributed by atoms with Gasteiger partial charge in [-0.1, -0.05) is 6.92 Å². The van der Waals surface area contributed by atoms with Crippen molar-refractivity contribution in [1.82, 2.24) is 15.1 Å². The predicted molar refractivity (Wildman–Crippen MR) is 64.3 cm³/mol. The molecule has 2 fully saturated rings. The fraction of sp³-hybridized carbons (Fsp3) is 0.917. The molecule has 1 atom stereocenters. The van der Waals surface area contributed by atoms with Crippen LogP contribution in [0.15, 0.2) is 0 Å². The SMILES string of the molecule is CC1CCCN(CC(=O)N2CCNCC2)C1. The first-order chi connectivity index (χ1) is 7.75. The summed E-state index contributed by atoms with van der Waals surface area (Å²) in [6, 6.07) is 0. The van der Waals surface area contributed by atoms with Crippen molar-refractivity contribution in [2.75, 3.05) is 45.8 Å². The summed E-state index contributed by atoms with van der Waals surface area (Å²) in [5.41, 5.74) is 0. The Kier molecular flexibility index (Phi) is 4.18. The molecule has 0 aromatic carbocycles. The number of rotatable bonds is 2. The largest absolute Gasteiger partial charge is 0.339 e. The number of nitrogens with one attached hydrogen (secondary N) is 1. The van der Waals surface area contributed by atoms with Gasteiger partial charge in [-0.3, -0.25) is 9.69 Å². The first-order valence-electron chi connectivity index (χ1n) is 6.46. The van der Waals surface area contributed by atoms with Gasteiger partial charge in [0.05, 0.1) is 6.54 Å². The molecule has 0 bridgehead atoms. The van der Waals surface area contributed by atoms with E-state index < -0.39 is 0 Å². The van der Waals surface area contributed by atoms with E-state index in [4.69, 9.17) is 0 Å². The van der Waals surface area contributed by atoms with Gasteiger partial charge >= 0.3 is 0 Å². The minimum Gasteiger partial charge on any atom is -0.339 e.